The van der Waals surface area contributed by atoms with E-state index in [1.807, 2.05) is 61.1 Å². The third-order valence-corrected chi connectivity index (χ3v) is 3.32. The number of carbonyl (C=O) groups excluding carboxylic acids is 1. The van der Waals surface area contributed by atoms with E-state index in [2.05, 4.69) is 5.32 Å². The molecular formula is C15H14N2O. The molecule has 3 nitrogen and oxygen atoms in total. The van der Waals surface area contributed by atoms with Crippen molar-refractivity contribution in [3.05, 3.63) is 53.3 Å². The first kappa shape index (κ1) is 10.8. The van der Waals surface area contributed by atoms with Crippen LogP contribution in [0.1, 0.15) is 16.8 Å². The van der Waals surface area contributed by atoms with E-state index in [1.165, 1.54) is 5.56 Å². The summed E-state index contributed by atoms with van der Waals surface area (Å²) >= 11 is 0. The molecule has 0 fully saturated rings. The molecule has 1 aromatic heterocycles. The van der Waals surface area contributed by atoms with E-state index in [0.717, 1.165) is 22.5 Å². The first-order chi connectivity index (χ1) is 8.66. The zero-order chi connectivity index (χ0) is 12.7. The van der Waals surface area contributed by atoms with Gasteiger partial charge < -0.3 is 9.88 Å². The van der Waals surface area contributed by atoms with Crippen molar-refractivity contribution < 1.29 is 4.79 Å². The standard InChI is InChI=1S/C15H14N2O/c1-10-7-8-17(2)14(10)9-12-11-5-3-4-6-13(11)16-15(12)18/h3-9H,1-2H3,(H,16,18)/b12-9-. The van der Waals surface area contributed by atoms with Crippen LogP contribution in [0.3, 0.4) is 0 Å². The number of hydrogen-bond acceptors (Lipinski definition) is 1. The second kappa shape index (κ2) is 3.88. The summed E-state index contributed by atoms with van der Waals surface area (Å²) in [6.07, 6.45) is 3.96. The molecule has 0 saturated heterocycles. The lowest BCUT2D eigenvalue weighted by atomic mass is 10.1. The minimum absolute atomic E-state index is 0.0307. The Morgan fingerprint density at radius 3 is 2.72 bits per heavy atom. The molecule has 0 unspecified atom stereocenters. The second-order valence-corrected chi connectivity index (χ2v) is 4.55. The highest BCUT2D eigenvalue weighted by Gasteiger charge is 2.23. The molecule has 90 valence electrons. The van der Waals surface area contributed by atoms with E-state index in [4.69, 9.17) is 0 Å². The Morgan fingerprint density at radius 2 is 2.00 bits per heavy atom. The van der Waals surface area contributed by atoms with Gasteiger partial charge in [-0.15, -0.1) is 0 Å². The molecule has 2 aromatic rings. The van der Waals surface area contributed by atoms with Crippen molar-refractivity contribution in [2.45, 2.75) is 6.92 Å². The van der Waals surface area contributed by atoms with E-state index >= 15 is 0 Å². The monoisotopic (exact) mass is 238 g/mol. The summed E-state index contributed by atoms with van der Waals surface area (Å²) < 4.78 is 2.02. The number of carbonyl (C=O) groups is 1. The Bertz CT molecular complexity index is 645. The fourth-order valence-corrected chi connectivity index (χ4v) is 2.30. The van der Waals surface area contributed by atoms with Crippen molar-refractivity contribution in [3.63, 3.8) is 0 Å². The maximum Gasteiger partial charge on any atom is 0.256 e. The number of aryl methyl sites for hydroxylation is 2. The smallest absolute Gasteiger partial charge is 0.256 e. The molecule has 1 aliphatic heterocycles. The normalized spacial score (nSPS) is 15.9. The van der Waals surface area contributed by atoms with Crippen molar-refractivity contribution in [2.75, 3.05) is 5.32 Å². The molecule has 18 heavy (non-hydrogen) atoms. The summed E-state index contributed by atoms with van der Waals surface area (Å²) in [5, 5.41) is 2.88. The molecule has 0 aliphatic carbocycles. The molecule has 2 heterocycles. The van der Waals surface area contributed by atoms with E-state index in [0.29, 0.717) is 0 Å². The van der Waals surface area contributed by atoms with Gasteiger partial charge in [0.25, 0.3) is 5.91 Å². The van der Waals surface area contributed by atoms with Crippen molar-refractivity contribution in [1.29, 1.82) is 0 Å². The van der Waals surface area contributed by atoms with Gasteiger partial charge in [0.2, 0.25) is 0 Å². The average molecular weight is 238 g/mol. The minimum atomic E-state index is -0.0307. The van der Waals surface area contributed by atoms with E-state index < -0.39 is 0 Å². The molecule has 0 saturated carbocycles. The number of amides is 1. The highest BCUT2D eigenvalue weighted by molar-refractivity contribution is 6.34. The highest BCUT2D eigenvalue weighted by Crippen LogP contribution is 2.33. The molecule has 1 aliphatic rings. The predicted molar refractivity (Wildman–Crippen MR) is 73.1 cm³/mol. The predicted octanol–water partition coefficient (Wildman–Crippen LogP) is 2.83. The molecule has 0 atom stereocenters. The number of benzene rings is 1. The van der Waals surface area contributed by atoms with E-state index in [1.54, 1.807) is 0 Å². The number of nitrogens with one attached hydrogen (secondary N) is 1. The van der Waals surface area contributed by atoms with Gasteiger partial charge >= 0.3 is 0 Å². The van der Waals surface area contributed by atoms with Gasteiger partial charge in [-0.3, -0.25) is 4.79 Å². The van der Waals surface area contributed by atoms with Crippen LogP contribution in [0.4, 0.5) is 5.69 Å². The number of rotatable bonds is 1. The van der Waals surface area contributed by atoms with Crippen LogP contribution in [0.2, 0.25) is 0 Å². The maximum atomic E-state index is 12.0. The average Bonchev–Trinajstić information content (AvgIpc) is 2.84. The van der Waals surface area contributed by atoms with Crippen LogP contribution in [-0.2, 0) is 11.8 Å². The zero-order valence-electron chi connectivity index (χ0n) is 10.4. The van der Waals surface area contributed by atoms with Crippen LogP contribution < -0.4 is 5.32 Å². The fraction of sp³-hybridized carbons (Fsp3) is 0.133. The Hall–Kier alpha value is -2.29. The summed E-state index contributed by atoms with van der Waals surface area (Å²) in [6, 6.07) is 9.81. The summed E-state index contributed by atoms with van der Waals surface area (Å²) in [7, 11) is 1.98. The fourth-order valence-electron chi connectivity index (χ4n) is 2.30. The molecule has 0 spiro atoms. The first-order valence-corrected chi connectivity index (χ1v) is 5.91. The first-order valence-electron chi connectivity index (χ1n) is 5.91. The van der Waals surface area contributed by atoms with Gasteiger partial charge in [0.15, 0.2) is 0 Å². The summed E-state index contributed by atoms with van der Waals surface area (Å²) in [6.45, 7) is 2.05. The molecule has 3 rings (SSSR count). The van der Waals surface area contributed by atoms with Gasteiger partial charge in [-0.05, 0) is 30.7 Å². The van der Waals surface area contributed by atoms with Crippen LogP contribution in [-0.4, -0.2) is 10.5 Å². The van der Waals surface area contributed by atoms with Gasteiger partial charge in [0.05, 0.1) is 5.57 Å². The van der Waals surface area contributed by atoms with Crippen molar-refractivity contribution in [2.24, 2.45) is 7.05 Å². The van der Waals surface area contributed by atoms with Crippen LogP contribution in [0.15, 0.2) is 36.5 Å². The minimum Gasteiger partial charge on any atom is -0.351 e. The van der Waals surface area contributed by atoms with Gasteiger partial charge in [0.1, 0.15) is 0 Å². The number of nitrogens with zero attached hydrogens (tertiary/aromatic N) is 1. The van der Waals surface area contributed by atoms with Crippen molar-refractivity contribution in [1.82, 2.24) is 4.57 Å². The summed E-state index contributed by atoms with van der Waals surface area (Å²) in [4.78, 5) is 12.0. The lowest BCUT2D eigenvalue weighted by Crippen LogP contribution is -2.04. The molecular weight excluding hydrogens is 224 g/mol. The van der Waals surface area contributed by atoms with Gasteiger partial charge in [-0.1, -0.05) is 18.2 Å². The van der Waals surface area contributed by atoms with Crippen LogP contribution in [0, 0.1) is 6.92 Å². The Balaban J connectivity index is 2.16. The van der Waals surface area contributed by atoms with Crippen LogP contribution >= 0.6 is 0 Å². The number of hydrogen-bond donors (Lipinski definition) is 1. The van der Waals surface area contributed by atoms with Gasteiger partial charge in [-0.25, -0.2) is 0 Å². The number of anilines is 1. The molecule has 3 heteroatoms. The quantitative estimate of drug-likeness (QED) is 0.761. The lowest BCUT2D eigenvalue weighted by Gasteiger charge is -2.01. The maximum absolute atomic E-state index is 12.0. The topological polar surface area (TPSA) is 34.0 Å². The number of fused-ring (bicyclic) bond motifs is 1. The Kier molecular flexibility index (Phi) is 2.33. The third-order valence-electron chi connectivity index (χ3n) is 3.32. The van der Waals surface area contributed by atoms with Gasteiger partial charge in [-0.2, -0.15) is 0 Å². The SMILES string of the molecule is Cc1ccn(C)c1/C=C1\C(=O)Nc2ccccc21. The third kappa shape index (κ3) is 1.56. The van der Waals surface area contributed by atoms with Crippen molar-refractivity contribution in [3.8, 4) is 0 Å². The molecule has 1 aromatic carbocycles. The van der Waals surface area contributed by atoms with E-state index in [9.17, 15) is 4.79 Å². The number of aromatic nitrogens is 1. The molecule has 0 bridgehead atoms. The summed E-state index contributed by atoms with van der Waals surface area (Å²) in [5.41, 5.74) is 4.83. The zero-order valence-corrected chi connectivity index (χ0v) is 10.4. The molecule has 1 N–H and O–H groups in total. The summed E-state index contributed by atoms with van der Waals surface area (Å²) in [5.74, 6) is -0.0307. The molecule has 0 radical (unpaired) electrons. The Labute approximate surface area is 106 Å². The lowest BCUT2D eigenvalue weighted by molar-refractivity contribution is -0.110. The van der Waals surface area contributed by atoms with E-state index in [-0.39, 0.29) is 5.91 Å². The number of para-hydroxylation sites is 1. The Morgan fingerprint density at radius 1 is 1.22 bits per heavy atom. The van der Waals surface area contributed by atoms with Crippen molar-refractivity contribution >= 4 is 23.2 Å². The second-order valence-electron chi connectivity index (χ2n) is 4.55. The largest absolute Gasteiger partial charge is 0.351 e. The van der Waals surface area contributed by atoms with Crippen LogP contribution in [0.25, 0.3) is 11.6 Å². The highest BCUT2D eigenvalue weighted by atomic mass is 16.2. The molecule has 1 amide bonds. The van der Waals surface area contributed by atoms with Gasteiger partial charge in [0, 0.05) is 30.2 Å². The van der Waals surface area contributed by atoms with Crippen LogP contribution in [0.5, 0.6) is 0 Å².